The Kier molecular flexibility index (Phi) is 3.58. The molecule has 0 atom stereocenters. The van der Waals surface area contributed by atoms with Crippen LogP contribution < -0.4 is 5.73 Å². The van der Waals surface area contributed by atoms with E-state index in [2.05, 4.69) is 21.1 Å². The van der Waals surface area contributed by atoms with Gasteiger partial charge in [-0.15, -0.1) is 11.3 Å². The van der Waals surface area contributed by atoms with Gasteiger partial charge in [0.1, 0.15) is 0 Å². The molecule has 20 heavy (non-hydrogen) atoms. The fraction of sp³-hybridized carbons (Fsp3) is 0.0714. The van der Waals surface area contributed by atoms with Gasteiger partial charge in [0.05, 0.1) is 15.5 Å². The molecule has 3 nitrogen and oxygen atoms in total. The Morgan fingerprint density at radius 1 is 1.30 bits per heavy atom. The summed E-state index contributed by atoms with van der Waals surface area (Å²) in [5, 5.41) is 6.55. The van der Waals surface area contributed by atoms with Gasteiger partial charge >= 0.3 is 0 Å². The minimum atomic E-state index is 0.365. The molecule has 0 saturated carbocycles. The first-order chi connectivity index (χ1) is 9.58. The summed E-state index contributed by atoms with van der Waals surface area (Å²) in [6.07, 6.45) is 0. The van der Waals surface area contributed by atoms with Gasteiger partial charge in [-0.05, 0) is 35.6 Å². The minimum Gasteiger partial charge on any atom is -0.380 e. The zero-order chi connectivity index (χ0) is 14.3. The molecule has 0 aliphatic heterocycles. The van der Waals surface area contributed by atoms with E-state index in [0.717, 1.165) is 26.0 Å². The Morgan fingerprint density at radius 2 is 2.00 bits per heavy atom. The van der Waals surface area contributed by atoms with Crippen molar-refractivity contribution in [1.82, 2.24) is 5.16 Å². The monoisotopic (exact) mass is 368 g/mol. The zero-order valence-corrected chi connectivity index (χ0v) is 13.6. The van der Waals surface area contributed by atoms with E-state index in [1.165, 1.54) is 11.3 Å². The number of rotatable bonds is 2. The number of halogens is 2. The van der Waals surface area contributed by atoms with Crippen LogP contribution in [0, 0.1) is 6.92 Å². The van der Waals surface area contributed by atoms with E-state index in [4.69, 9.17) is 21.9 Å². The molecule has 2 N–H and O–H groups in total. The third kappa shape index (κ3) is 2.26. The predicted molar refractivity (Wildman–Crippen MR) is 87.1 cm³/mol. The molecule has 0 aliphatic carbocycles. The Labute approximate surface area is 133 Å². The SMILES string of the molecule is Cc1csc(-c2onc(N)c2-c2ccc(Br)cc2)c1Cl. The van der Waals surface area contributed by atoms with Crippen LogP contribution in [0.1, 0.15) is 5.56 Å². The van der Waals surface area contributed by atoms with Crippen LogP contribution in [0.2, 0.25) is 5.02 Å². The molecule has 2 aromatic heterocycles. The van der Waals surface area contributed by atoms with E-state index in [1.807, 2.05) is 36.6 Å². The second-order valence-corrected chi connectivity index (χ2v) is 6.51. The molecule has 1 aromatic carbocycles. The summed E-state index contributed by atoms with van der Waals surface area (Å²) in [4.78, 5) is 0.853. The second-order valence-electron chi connectivity index (χ2n) is 4.34. The minimum absolute atomic E-state index is 0.365. The maximum absolute atomic E-state index is 6.31. The van der Waals surface area contributed by atoms with Crippen molar-refractivity contribution >= 4 is 44.7 Å². The van der Waals surface area contributed by atoms with Gasteiger partial charge in [0.15, 0.2) is 11.6 Å². The van der Waals surface area contributed by atoms with Gasteiger partial charge in [-0.25, -0.2) is 0 Å². The van der Waals surface area contributed by atoms with Gasteiger partial charge in [0, 0.05) is 4.47 Å². The number of nitrogens with zero attached hydrogens (tertiary/aromatic N) is 1. The summed E-state index contributed by atoms with van der Waals surface area (Å²) in [5.74, 6) is 0.984. The van der Waals surface area contributed by atoms with E-state index in [-0.39, 0.29) is 0 Å². The molecule has 0 bridgehead atoms. The van der Waals surface area contributed by atoms with E-state index in [1.54, 1.807) is 0 Å². The highest BCUT2D eigenvalue weighted by Crippen LogP contribution is 2.43. The number of benzene rings is 1. The number of aryl methyl sites for hydroxylation is 1. The number of thiophene rings is 1. The first-order valence-corrected chi connectivity index (χ1v) is 7.88. The van der Waals surface area contributed by atoms with Gasteiger partial charge in [-0.3, -0.25) is 0 Å². The van der Waals surface area contributed by atoms with Crippen LogP contribution in [-0.2, 0) is 0 Å². The topological polar surface area (TPSA) is 52.0 Å². The van der Waals surface area contributed by atoms with Crippen molar-refractivity contribution in [1.29, 1.82) is 0 Å². The molecule has 102 valence electrons. The molecule has 6 heteroatoms. The van der Waals surface area contributed by atoms with Crippen LogP contribution in [0.4, 0.5) is 5.82 Å². The van der Waals surface area contributed by atoms with Crippen LogP contribution >= 0.6 is 38.9 Å². The number of hydrogen-bond acceptors (Lipinski definition) is 4. The normalized spacial score (nSPS) is 10.9. The fourth-order valence-corrected chi connectivity index (χ4v) is 3.46. The largest absolute Gasteiger partial charge is 0.380 e. The molecule has 0 saturated heterocycles. The van der Waals surface area contributed by atoms with E-state index in [0.29, 0.717) is 16.6 Å². The number of aromatic nitrogens is 1. The highest BCUT2D eigenvalue weighted by atomic mass is 79.9. The standard InChI is InChI=1S/C14H10BrClN2OS/c1-7-6-20-13(11(7)16)12-10(14(17)18-19-12)8-2-4-9(15)5-3-8/h2-6H,1H3,(H2,17,18). The fourth-order valence-electron chi connectivity index (χ4n) is 1.94. The summed E-state index contributed by atoms with van der Waals surface area (Å²) >= 11 is 11.3. The Balaban J connectivity index is 2.19. The molecule has 0 radical (unpaired) electrons. The molecule has 0 fully saturated rings. The van der Waals surface area contributed by atoms with Crippen LogP contribution in [-0.4, -0.2) is 5.16 Å². The molecular formula is C14H10BrClN2OS. The quantitative estimate of drug-likeness (QED) is 0.660. The van der Waals surface area contributed by atoms with Crippen molar-refractivity contribution in [3.8, 4) is 21.8 Å². The van der Waals surface area contributed by atoms with Crippen LogP contribution in [0.3, 0.4) is 0 Å². The van der Waals surface area contributed by atoms with Gasteiger partial charge in [0.25, 0.3) is 0 Å². The molecule has 0 spiro atoms. The summed E-state index contributed by atoms with van der Waals surface area (Å²) in [6, 6.07) is 7.83. The van der Waals surface area contributed by atoms with Crippen molar-refractivity contribution in [2.24, 2.45) is 0 Å². The van der Waals surface area contributed by atoms with Crippen molar-refractivity contribution < 1.29 is 4.52 Å². The average molecular weight is 370 g/mol. The van der Waals surface area contributed by atoms with Gasteiger partial charge in [-0.1, -0.05) is 44.8 Å². The highest BCUT2D eigenvalue weighted by molar-refractivity contribution is 9.10. The van der Waals surface area contributed by atoms with Crippen molar-refractivity contribution in [2.75, 3.05) is 5.73 Å². The van der Waals surface area contributed by atoms with Crippen LogP contribution in [0.5, 0.6) is 0 Å². The third-order valence-corrected chi connectivity index (χ3v) is 5.18. The molecule has 0 aliphatic rings. The molecule has 3 rings (SSSR count). The number of anilines is 1. The number of nitrogen functional groups attached to an aromatic ring is 1. The van der Waals surface area contributed by atoms with Crippen molar-refractivity contribution in [3.63, 3.8) is 0 Å². The van der Waals surface area contributed by atoms with Gasteiger partial charge in [0.2, 0.25) is 0 Å². The summed E-state index contributed by atoms with van der Waals surface area (Å²) in [5.41, 5.74) is 8.69. The molecule has 0 amide bonds. The first-order valence-electron chi connectivity index (χ1n) is 5.83. The van der Waals surface area contributed by atoms with E-state index < -0.39 is 0 Å². The van der Waals surface area contributed by atoms with Crippen molar-refractivity contribution in [2.45, 2.75) is 6.92 Å². The van der Waals surface area contributed by atoms with Crippen LogP contribution in [0.25, 0.3) is 21.8 Å². The number of hydrogen-bond donors (Lipinski definition) is 1. The molecule has 2 heterocycles. The van der Waals surface area contributed by atoms with Crippen LogP contribution in [0.15, 0.2) is 38.6 Å². The van der Waals surface area contributed by atoms with Gasteiger partial charge in [-0.2, -0.15) is 0 Å². The zero-order valence-electron chi connectivity index (χ0n) is 10.5. The molecular weight excluding hydrogens is 360 g/mol. The Hall–Kier alpha value is -1.30. The third-order valence-electron chi connectivity index (χ3n) is 2.96. The number of nitrogens with two attached hydrogens (primary N) is 1. The maximum Gasteiger partial charge on any atom is 0.188 e. The predicted octanol–water partition coefficient (Wildman–Crippen LogP) is 5.38. The summed E-state index contributed by atoms with van der Waals surface area (Å²) in [6.45, 7) is 1.96. The summed E-state index contributed by atoms with van der Waals surface area (Å²) < 4.78 is 6.40. The average Bonchev–Trinajstić information content (AvgIpc) is 2.96. The molecule has 3 aromatic rings. The summed E-state index contributed by atoms with van der Waals surface area (Å²) in [7, 11) is 0. The Bertz CT molecular complexity index is 764. The molecule has 0 unspecified atom stereocenters. The highest BCUT2D eigenvalue weighted by Gasteiger charge is 2.21. The van der Waals surface area contributed by atoms with Crippen molar-refractivity contribution in [3.05, 3.63) is 44.7 Å². The smallest absolute Gasteiger partial charge is 0.188 e. The second kappa shape index (κ2) is 5.24. The maximum atomic E-state index is 6.31. The lowest BCUT2D eigenvalue weighted by molar-refractivity contribution is 0.437. The first kappa shape index (κ1) is 13.7. The van der Waals surface area contributed by atoms with E-state index >= 15 is 0 Å². The lowest BCUT2D eigenvalue weighted by atomic mass is 10.1. The Morgan fingerprint density at radius 3 is 2.60 bits per heavy atom. The van der Waals surface area contributed by atoms with Gasteiger partial charge < -0.3 is 10.3 Å². The lowest BCUT2D eigenvalue weighted by Crippen LogP contribution is -1.88. The lowest BCUT2D eigenvalue weighted by Gasteiger charge is -2.02. The van der Waals surface area contributed by atoms with E-state index in [9.17, 15) is 0 Å².